The molecule has 0 saturated heterocycles. The number of thioether (sulfide) groups is 1. The van der Waals surface area contributed by atoms with Gasteiger partial charge in [0.2, 0.25) is 17.7 Å². The fraction of sp³-hybridized carbons (Fsp3) is 0.667. The molecular weight excluding hydrogens is 490 g/mol. The van der Waals surface area contributed by atoms with Crippen LogP contribution in [0.5, 0.6) is 0 Å². The number of aliphatic carboxylic acids is 2. The predicted molar refractivity (Wildman–Crippen MR) is 130 cm³/mol. The molecule has 4 unspecified atom stereocenters. The van der Waals surface area contributed by atoms with Gasteiger partial charge >= 0.3 is 11.9 Å². The molecule has 0 aliphatic carbocycles. The van der Waals surface area contributed by atoms with Gasteiger partial charge in [0, 0.05) is 12.3 Å². The smallest absolute Gasteiger partial charge is 0.326 e. The van der Waals surface area contributed by atoms with Crippen LogP contribution >= 0.6 is 24.4 Å². The largest absolute Gasteiger partial charge is 0.481 e. The monoisotopic (exact) mass is 523 g/mol. The van der Waals surface area contributed by atoms with E-state index in [0.717, 1.165) is 0 Å². The Morgan fingerprint density at radius 2 is 1.50 bits per heavy atom. The molecule has 11 N–H and O–H groups in total. The molecule has 194 valence electrons. The van der Waals surface area contributed by atoms with E-state index in [1.54, 1.807) is 6.26 Å². The van der Waals surface area contributed by atoms with E-state index in [-0.39, 0.29) is 31.1 Å². The second-order valence-electron chi connectivity index (χ2n) is 7.14. The number of carboxylic acid groups (broad SMARTS) is 2. The first-order valence-electron chi connectivity index (χ1n) is 10.2. The average Bonchev–Trinajstić information content (AvgIpc) is 2.76. The van der Waals surface area contributed by atoms with E-state index in [1.807, 2.05) is 0 Å². The Bertz CT molecular complexity index is 750. The maximum atomic E-state index is 12.7. The van der Waals surface area contributed by atoms with Gasteiger partial charge in [0.05, 0.1) is 12.5 Å². The quantitative estimate of drug-likeness (QED) is 0.0403. The highest BCUT2D eigenvalue weighted by Crippen LogP contribution is 2.05. The van der Waals surface area contributed by atoms with Gasteiger partial charge in [0.1, 0.15) is 18.1 Å². The van der Waals surface area contributed by atoms with E-state index in [4.69, 9.17) is 27.4 Å². The molecule has 0 aromatic carbocycles. The summed E-state index contributed by atoms with van der Waals surface area (Å²) in [6.45, 7) is 0.283. The van der Waals surface area contributed by atoms with E-state index in [1.165, 1.54) is 11.8 Å². The first-order valence-corrected chi connectivity index (χ1v) is 12.2. The first kappa shape index (κ1) is 31.3. The number of carbonyl (C=O) groups is 5. The van der Waals surface area contributed by atoms with Crippen LogP contribution in [0.2, 0.25) is 0 Å². The van der Waals surface area contributed by atoms with E-state index in [0.29, 0.717) is 12.2 Å². The molecule has 16 heteroatoms. The molecule has 0 spiro atoms. The van der Waals surface area contributed by atoms with Crippen LogP contribution in [-0.4, -0.2) is 94.3 Å². The highest BCUT2D eigenvalue weighted by atomic mass is 32.2. The average molecular weight is 524 g/mol. The van der Waals surface area contributed by atoms with Crippen molar-refractivity contribution < 1.29 is 34.2 Å². The SMILES string of the molecule is CSCCC(NC(=O)C(CS)NC(=O)C(N)CCCN=C(N)N)C(=O)NC(CC(=O)O)C(=O)O. The van der Waals surface area contributed by atoms with Crippen molar-refractivity contribution in [3.05, 3.63) is 0 Å². The lowest BCUT2D eigenvalue weighted by atomic mass is 10.1. The third-order valence-corrected chi connectivity index (χ3v) is 5.37. The zero-order chi connectivity index (χ0) is 26.3. The van der Waals surface area contributed by atoms with Crippen LogP contribution in [-0.2, 0) is 24.0 Å². The molecule has 0 heterocycles. The topological polar surface area (TPSA) is 252 Å². The zero-order valence-corrected chi connectivity index (χ0v) is 20.4. The van der Waals surface area contributed by atoms with Crippen molar-refractivity contribution in [3.63, 3.8) is 0 Å². The Morgan fingerprint density at radius 1 is 0.941 bits per heavy atom. The summed E-state index contributed by atoms with van der Waals surface area (Å²) >= 11 is 5.44. The first-order chi connectivity index (χ1) is 15.9. The normalized spacial score (nSPS) is 14.1. The minimum absolute atomic E-state index is 0.0810. The van der Waals surface area contributed by atoms with Crippen LogP contribution in [0, 0.1) is 0 Å². The number of rotatable bonds is 17. The minimum Gasteiger partial charge on any atom is -0.481 e. The lowest BCUT2D eigenvalue weighted by molar-refractivity contribution is -0.147. The highest BCUT2D eigenvalue weighted by molar-refractivity contribution is 7.98. The third kappa shape index (κ3) is 13.1. The summed E-state index contributed by atoms with van der Waals surface area (Å²) < 4.78 is 0. The maximum absolute atomic E-state index is 12.7. The fourth-order valence-electron chi connectivity index (χ4n) is 2.55. The molecule has 0 aromatic rings. The van der Waals surface area contributed by atoms with Crippen LogP contribution in [0.4, 0.5) is 0 Å². The summed E-state index contributed by atoms with van der Waals surface area (Å²) in [5.74, 6) is -4.90. The van der Waals surface area contributed by atoms with Gasteiger partial charge in [-0.25, -0.2) is 4.79 Å². The van der Waals surface area contributed by atoms with Gasteiger partial charge in [-0.05, 0) is 31.3 Å². The van der Waals surface area contributed by atoms with Gasteiger partial charge in [-0.1, -0.05) is 0 Å². The molecule has 0 aliphatic rings. The number of aliphatic imine (C=N–C) groups is 1. The molecule has 0 aromatic heterocycles. The molecule has 0 radical (unpaired) electrons. The van der Waals surface area contributed by atoms with Gasteiger partial charge in [0.25, 0.3) is 0 Å². The van der Waals surface area contributed by atoms with E-state index in [9.17, 15) is 24.0 Å². The van der Waals surface area contributed by atoms with Crippen LogP contribution in [0.25, 0.3) is 0 Å². The molecule has 0 rings (SSSR count). The Labute approximate surface area is 206 Å². The van der Waals surface area contributed by atoms with E-state index in [2.05, 4.69) is 33.6 Å². The van der Waals surface area contributed by atoms with E-state index >= 15 is 0 Å². The van der Waals surface area contributed by atoms with Gasteiger partial charge in [-0.2, -0.15) is 24.4 Å². The Morgan fingerprint density at radius 3 is 2.00 bits per heavy atom. The molecule has 0 fully saturated rings. The number of thiol groups is 1. The maximum Gasteiger partial charge on any atom is 0.326 e. The number of nitrogens with two attached hydrogens (primary N) is 3. The zero-order valence-electron chi connectivity index (χ0n) is 18.7. The second kappa shape index (κ2) is 16.8. The van der Waals surface area contributed by atoms with Gasteiger partial charge < -0.3 is 43.4 Å². The number of amides is 3. The molecule has 34 heavy (non-hydrogen) atoms. The second-order valence-corrected chi connectivity index (χ2v) is 8.49. The minimum atomic E-state index is -1.67. The number of nitrogens with one attached hydrogen (secondary N) is 3. The Hall–Kier alpha value is -2.72. The fourth-order valence-corrected chi connectivity index (χ4v) is 3.28. The third-order valence-electron chi connectivity index (χ3n) is 4.36. The highest BCUT2D eigenvalue weighted by Gasteiger charge is 2.30. The molecule has 3 amide bonds. The van der Waals surface area contributed by atoms with Gasteiger partial charge in [0.15, 0.2) is 5.96 Å². The van der Waals surface area contributed by atoms with Crippen molar-refractivity contribution in [1.82, 2.24) is 16.0 Å². The molecular formula is C18H33N7O7S2. The number of carbonyl (C=O) groups excluding carboxylic acids is 3. The Balaban J connectivity index is 5.12. The molecule has 0 saturated carbocycles. The van der Waals surface area contributed by atoms with Gasteiger partial charge in [-0.3, -0.25) is 24.2 Å². The number of nitrogens with zero attached hydrogens (tertiary/aromatic N) is 1. The molecule has 0 bridgehead atoms. The number of guanidine groups is 1. The van der Waals surface area contributed by atoms with E-state index < -0.39 is 60.2 Å². The number of hydrogen-bond acceptors (Lipinski definition) is 9. The molecule has 0 aliphatic heterocycles. The van der Waals surface area contributed by atoms with Crippen LogP contribution in [0.1, 0.15) is 25.7 Å². The van der Waals surface area contributed by atoms with Crippen molar-refractivity contribution in [2.24, 2.45) is 22.2 Å². The van der Waals surface area contributed by atoms with Crippen molar-refractivity contribution in [3.8, 4) is 0 Å². The molecule has 14 nitrogen and oxygen atoms in total. The summed E-state index contributed by atoms with van der Waals surface area (Å²) in [7, 11) is 0. The van der Waals surface area contributed by atoms with Crippen LogP contribution in [0.3, 0.4) is 0 Å². The summed E-state index contributed by atoms with van der Waals surface area (Å²) in [6, 6.07) is -4.90. The van der Waals surface area contributed by atoms with Crippen molar-refractivity contribution in [1.29, 1.82) is 0 Å². The summed E-state index contributed by atoms with van der Waals surface area (Å²) in [5.41, 5.74) is 16.3. The number of carboxylic acids is 2. The number of hydrogen-bond donors (Lipinski definition) is 9. The van der Waals surface area contributed by atoms with Crippen molar-refractivity contribution >= 4 is 60.0 Å². The van der Waals surface area contributed by atoms with Crippen molar-refractivity contribution in [2.45, 2.75) is 49.9 Å². The van der Waals surface area contributed by atoms with Crippen molar-refractivity contribution in [2.75, 3.05) is 24.3 Å². The standard InChI is InChI=1S/C18H33N7O7S2/c1-34-6-4-10(15(29)24-11(17(31)32)7-13(26)27)23-16(30)12(8-33)25-14(28)9(19)3-2-5-22-18(20)21/h9-12,33H,2-8,19H2,1H3,(H,23,30)(H,24,29)(H,25,28)(H,26,27)(H,31,32)(H4,20,21,22). The van der Waals surface area contributed by atoms with Crippen LogP contribution < -0.4 is 33.2 Å². The van der Waals surface area contributed by atoms with Gasteiger partial charge in [-0.15, -0.1) is 0 Å². The Kier molecular flexibility index (Phi) is 15.5. The lowest BCUT2D eigenvalue weighted by Gasteiger charge is -2.24. The predicted octanol–water partition coefficient (Wildman–Crippen LogP) is -2.94. The van der Waals surface area contributed by atoms with Crippen LogP contribution in [0.15, 0.2) is 4.99 Å². The summed E-state index contributed by atoms with van der Waals surface area (Å²) in [4.78, 5) is 63.4. The summed E-state index contributed by atoms with van der Waals surface area (Å²) in [6.07, 6.45) is 1.76. The lowest BCUT2D eigenvalue weighted by Crippen LogP contribution is -2.57. The molecule has 4 atom stereocenters. The summed E-state index contributed by atoms with van der Waals surface area (Å²) in [5, 5.41) is 25.0.